The Balaban J connectivity index is 1.84. The first-order chi connectivity index (χ1) is 13.8. The highest BCUT2D eigenvalue weighted by molar-refractivity contribution is 7.10. The molecular weight excluding hydrogens is 372 g/mol. The predicted molar refractivity (Wildman–Crippen MR) is 128 cm³/mol. The highest BCUT2D eigenvalue weighted by Gasteiger charge is 2.37. The van der Waals surface area contributed by atoms with Crippen LogP contribution in [-0.4, -0.2) is 11.5 Å². The van der Waals surface area contributed by atoms with Crippen LogP contribution >= 0.6 is 11.3 Å². The van der Waals surface area contributed by atoms with Crippen molar-refractivity contribution in [3.05, 3.63) is 39.7 Å². The maximum absolute atomic E-state index is 5.66. The third-order valence-corrected chi connectivity index (χ3v) is 7.92. The largest absolute Gasteiger partial charge is 0.330 e. The summed E-state index contributed by atoms with van der Waals surface area (Å²) in [5.41, 5.74) is 11.7. The summed E-state index contributed by atoms with van der Waals surface area (Å²) in [5, 5.41) is 3.60. The molecule has 3 heteroatoms. The first kappa shape index (κ1) is 22.5. The van der Waals surface area contributed by atoms with Gasteiger partial charge < -0.3 is 5.73 Å². The lowest BCUT2D eigenvalue weighted by Crippen LogP contribution is -2.33. The van der Waals surface area contributed by atoms with E-state index in [9.17, 15) is 0 Å². The van der Waals surface area contributed by atoms with E-state index in [1.807, 2.05) is 11.3 Å². The van der Waals surface area contributed by atoms with Gasteiger partial charge in [-0.2, -0.15) is 0 Å². The summed E-state index contributed by atoms with van der Waals surface area (Å²) < 4.78 is 0. The smallest absolute Gasteiger partial charge is 0.0963 e. The molecular formula is C26H40N2S. The minimum Gasteiger partial charge on any atom is -0.330 e. The molecule has 0 radical (unpaired) electrons. The van der Waals surface area contributed by atoms with Crippen molar-refractivity contribution < 1.29 is 0 Å². The van der Waals surface area contributed by atoms with Gasteiger partial charge in [0.05, 0.1) is 10.7 Å². The molecule has 2 nitrogen and oxygen atoms in total. The second kappa shape index (κ2) is 9.31. The number of thiazole rings is 1. The van der Waals surface area contributed by atoms with Gasteiger partial charge in [-0.1, -0.05) is 66.0 Å². The highest BCUT2D eigenvalue weighted by atomic mass is 32.1. The number of unbranched alkanes of at least 4 members (excludes halogenated alkanes) is 2. The molecule has 0 bridgehead atoms. The van der Waals surface area contributed by atoms with Crippen molar-refractivity contribution >= 4 is 11.3 Å². The van der Waals surface area contributed by atoms with Gasteiger partial charge in [-0.25, -0.2) is 4.98 Å². The van der Waals surface area contributed by atoms with E-state index < -0.39 is 0 Å². The van der Waals surface area contributed by atoms with Crippen LogP contribution in [0.2, 0.25) is 0 Å². The summed E-state index contributed by atoms with van der Waals surface area (Å²) in [7, 11) is 0. The molecule has 0 saturated heterocycles. The van der Waals surface area contributed by atoms with Crippen molar-refractivity contribution in [3.8, 4) is 11.3 Å². The van der Waals surface area contributed by atoms with Crippen LogP contribution in [0.15, 0.2) is 23.6 Å². The summed E-state index contributed by atoms with van der Waals surface area (Å²) in [6.45, 7) is 12.7. The van der Waals surface area contributed by atoms with Crippen molar-refractivity contribution in [1.82, 2.24) is 4.98 Å². The van der Waals surface area contributed by atoms with Gasteiger partial charge in [0.25, 0.3) is 0 Å². The second-order valence-electron chi connectivity index (χ2n) is 10.2. The number of fused-ring (bicyclic) bond motifs is 1. The number of hydrogen-bond donors (Lipinski definition) is 1. The van der Waals surface area contributed by atoms with E-state index in [-0.39, 0.29) is 10.8 Å². The molecule has 0 amide bonds. The van der Waals surface area contributed by atoms with Crippen LogP contribution in [0.25, 0.3) is 11.3 Å². The fourth-order valence-corrected chi connectivity index (χ4v) is 5.81. The minimum absolute atomic E-state index is 0.244. The number of benzene rings is 1. The molecule has 1 aromatic heterocycles. The van der Waals surface area contributed by atoms with Crippen LogP contribution in [0.4, 0.5) is 0 Å². The summed E-state index contributed by atoms with van der Waals surface area (Å²) in [4.78, 5) is 5.13. The predicted octanol–water partition coefficient (Wildman–Crippen LogP) is 7.56. The number of aromatic nitrogens is 1. The van der Waals surface area contributed by atoms with Gasteiger partial charge in [-0.05, 0) is 66.7 Å². The fourth-order valence-electron chi connectivity index (χ4n) is 4.81. The zero-order chi connectivity index (χ0) is 21.1. The maximum atomic E-state index is 5.66. The third kappa shape index (κ3) is 5.11. The monoisotopic (exact) mass is 412 g/mol. The molecule has 29 heavy (non-hydrogen) atoms. The van der Waals surface area contributed by atoms with Gasteiger partial charge in [0.15, 0.2) is 0 Å². The van der Waals surface area contributed by atoms with Gasteiger partial charge in [-0.3, -0.25) is 0 Å². The average molecular weight is 413 g/mol. The zero-order valence-electron chi connectivity index (χ0n) is 19.2. The van der Waals surface area contributed by atoms with Crippen LogP contribution in [0.3, 0.4) is 0 Å². The Kier molecular flexibility index (Phi) is 7.22. The van der Waals surface area contributed by atoms with Gasteiger partial charge in [0, 0.05) is 16.9 Å². The van der Waals surface area contributed by atoms with Gasteiger partial charge in [-0.15, -0.1) is 11.3 Å². The molecule has 1 aliphatic rings. The fraction of sp³-hybridized carbons (Fsp3) is 0.654. The van der Waals surface area contributed by atoms with Crippen molar-refractivity contribution in [2.45, 2.75) is 103 Å². The molecule has 1 atom stereocenters. The molecule has 160 valence electrons. The van der Waals surface area contributed by atoms with E-state index in [1.54, 1.807) is 0 Å². The van der Waals surface area contributed by atoms with Crippen molar-refractivity contribution in [1.29, 1.82) is 0 Å². The first-order valence-electron chi connectivity index (χ1n) is 11.6. The Bertz CT molecular complexity index is 803. The zero-order valence-corrected chi connectivity index (χ0v) is 20.0. The van der Waals surface area contributed by atoms with E-state index in [2.05, 4.69) is 58.2 Å². The van der Waals surface area contributed by atoms with E-state index in [0.717, 1.165) is 18.7 Å². The Morgan fingerprint density at radius 1 is 1.00 bits per heavy atom. The highest BCUT2D eigenvalue weighted by Crippen LogP contribution is 2.47. The Labute approximate surface area is 182 Å². The number of nitrogens with two attached hydrogens (primary N) is 1. The number of hydrogen-bond acceptors (Lipinski definition) is 3. The molecule has 3 rings (SSSR count). The lowest BCUT2D eigenvalue weighted by molar-refractivity contribution is 0.332. The Morgan fingerprint density at radius 2 is 1.72 bits per heavy atom. The topological polar surface area (TPSA) is 38.9 Å². The standard InChI is InChI=1S/C26H40N2S/c1-6-10-19(11-8-7-9-16-27)24-28-23(18-29-24)20-12-13-21-22(17-20)26(4,5)15-14-25(21,2)3/h12-13,17-19H,6-11,14-16,27H2,1-5H3. The summed E-state index contributed by atoms with van der Waals surface area (Å²) in [6, 6.07) is 7.11. The quantitative estimate of drug-likeness (QED) is 0.431. The first-order valence-corrected chi connectivity index (χ1v) is 12.5. The molecule has 2 aromatic rings. The molecule has 1 aliphatic carbocycles. The summed E-state index contributed by atoms with van der Waals surface area (Å²) in [5.74, 6) is 0.601. The molecule has 0 spiro atoms. The average Bonchev–Trinajstić information content (AvgIpc) is 3.18. The van der Waals surface area contributed by atoms with Crippen LogP contribution < -0.4 is 5.73 Å². The molecule has 0 aliphatic heterocycles. The van der Waals surface area contributed by atoms with E-state index >= 15 is 0 Å². The number of rotatable bonds is 9. The lowest BCUT2D eigenvalue weighted by Gasteiger charge is -2.42. The summed E-state index contributed by atoms with van der Waals surface area (Å²) >= 11 is 1.86. The third-order valence-electron chi connectivity index (χ3n) is 6.91. The SMILES string of the molecule is CCCC(CCCCCN)c1nc(-c2ccc3c(c2)C(C)(C)CCC3(C)C)cs1. The minimum atomic E-state index is 0.244. The Morgan fingerprint density at radius 3 is 2.41 bits per heavy atom. The maximum Gasteiger partial charge on any atom is 0.0963 e. The van der Waals surface area contributed by atoms with Crippen LogP contribution in [-0.2, 0) is 10.8 Å². The molecule has 2 N–H and O–H groups in total. The summed E-state index contributed by atoms with van der Waals surface area (Å²) in [6.07, 6.45) is 9.86. The van der Waals surface area contributed by atoms with Crippen LogP contribution in [0, 0.1) is 0 Å². The van der Waals surface area contributed by atoms with E-state index in [0.29, 0.717) is 5.92 Å². The van der Waals surface area contributed by atoms with E-state index in [1.165, 1.54) is 66.6 Å². The van der Waals surface area contributed by atoms with Crippen LogP contribution in [0.5, 0.6) is 0 Å². The van der Waals surface area contributed by atoms with Crippen molar-refractivity contribution in [2.24, 2.45) is 5.73 Å². The van der Waals surface area contributed by atoms with Gasteiger partial charge in [0.2, 0.25) is 0 Å². The van der Waals surface area contributed by atoms with Crippen molar-refractivity contribution in [3.63, 3.8) is 0 Å². The van der Waals surface area contributed by atoms with E-state index in [4.69, 9.17) is 10.7 Å². The van der Waals surface area contributed by atoms with Gasteiger partial charge in [0.1, 0.15) is 0 Å². The van der Waals surface area contributed by atoms with Crippen LogP contribution in [0.1, 0.15) is 108 Å². The normalized spacial score (nSPS) is 18.4. The van der Waals surface area contributed by atoms with Crippen molar-refractivity contribution in [2.75, 3.05) is 6.54 Å². The second-order valence-corrected chi connectivity index (χ2v) is 11.1. The molecule has 0 saturated carbocycles. The Hall–Kier alpha value is -1.19. The molecule has 1 unspecified atom stereocenters. The van der Waals surface area contributed by atoms with Gasteiger partial charge >= 0.3 is 0 Å². The lowest BCUT2D eigenvalue weighted by atomic mass is 9.63. The molecule has 1 aromatic carbocycles. The molecule has 1 heterocycles. The molecule has 0 fully saturated rings. The number of nitrogens with zero attached hydrogens (tertiary/aromatic N) is 1.